The molecule has 1 aliphatic carbocycles. The lowest BCUT2D eigenvalue weighted by atomic mass is 9.42. The number of para-hydroxylation sites is 2. The summed E-state index contributed by atoms with van der Waals surface area (Å²) < 4.78 is 0. The molecule has 0 bridgehead atoms. The molecule has 0 amide bonds. The van der Waals surface area contributed by atoms with Gasteiger partial charge in [-0.1, -0.05) is 162 Å². The number of hydrogen-bond acceptors (Lipinski definition) is 2. The van der Waals surface area contributed by atoms with E-state index < -0.39 is 0 Å². The van der Waals surface area contributed by atoms with Gasteiger partial charge < -0.3 is 9.71 Å². The monoisotopic (exact) mass is 840 g/mol. The van der Waals surface area contributed by atoms with Crippen LogP contribution in [0.1, 0.15) is 93.3 Å². The molecule has 0 radical (unpaired) electrons. The van der Waals surface area contributed by atoms with Crippen molar-refractivity contribution in [3.8, 4) is 44.5 Å². The molecule has 0 aromatic heterocycles. The van der Waals surface area contributed by atoms with Crippen molar-refractivity contribution in [2.24, 2.45) is 0 Å². The van der Waals surface area contributed by atoms with E-state index in [2.05, 4.69) is 230 Å². The number of benzene rings is 8. The van der Waals surface area contributed by atoms with Crippen LogP contribution in [-0.4, -0.2) is 6.85 Å². The molecule has 3 aliphatic heterocycles. The van der Waals surface area contributed by atoms with Gasteiger partial charge in [0.2, 0.25) is 0 Å². The molecule has 0 spiro atoms. The minimum absolute atomic E-state index is 0.0650. The fraction of sp³-hybridized carbons (Fsp3) is 0.226. The van der Waals surface area contributed by atoms with Crippen LogP contribution in [-0.2, 0) is 16.2 Å². The average molecular weight is 841 g/mol. The van der Waals surface area contributed by atoms with Crippen molar-refractivity contribution in [3.63, 3.8) is 0 Å². The van der Waals surface area contributed by atoms with E-state index in [1.54, 1.807) is 0 Å². The Labute approximate surface area is 386 Å². The van der Waals surface area contributed by atoms with Gasteiger partial charge in [-0.05, 0) is 170 Å². The molecule has 12 rings (SSSR count). The number of nitrogens with zero attached hydrogens (tertiary/aromatic N) is 2. The Morgan fingerprint density at radius 2 is 1.05 bits per heavy atom. The number of anilines is 5. The van der Waals surface area contributed by atoms with Crippen molar-refractivity contribution >= 4 is 46.2 Å². The molecule has 4 aliphatic rings. The third-order valence-electron chi connectivity index (χ3n) is 15.9. The van der Waals surface area contributed by atoms with Gasteiger partial charge in [-0.3, -0.25) is 0 Å². The molecule has 3 heterocycles. The van der Waals surface area contributed by atoms with Crippen molar-refractivity contribution < 1.29 is 0 Å². The molecule has 0 fully saturated rings. The summed E-state index contributed by atoms with van der Waals surface area (Å²) in [6.45, 7) is 21.6. The summed E-state index contributed by atoms with van der Waals surface area (Å²) in [7, 11) is 0. The first-order valence-electron chi connectivity index (χ1n) is 23.7. The van der Waals surface area contributed by atoms with Crippen molar-refractivity contribution in [2.45, 2.75) is 91.4 Å². The van der Waals surface area contributed by atoms with Crippen LogP contribution in [0.4, 0.5) is 28.4 Å². The summed E-state index contributed by atoms with van der Waals surface area (Å²) in [4.78, 5) is 5.42. The highest BCUT2D eigenvalue weighted by atomic mass is 15.2. The van der Waals surface area contributed by atoms with E-state index in [1.807, 2.05) is 0 Å². The fourth-order valence-corrected chi connectivity index (χ4v) is 12.6. The zero-order chi connectivity index (χ0) is 44.7. The third-order valence-corrected chi connectivity index (χ3v) is 15.9. The fourth-order valence-electron chi connectivity index (χ4n) is 12.6. The van der Waals surface area contributed by atoms with Gasteiger partial charge in [-0.15, -0.1) is 0 Å². The summed E-state index contributed by atoms with van der Waals surface area (Å²) in [6.07, 6.45) is 2.37. The van der Waals surface area contributed by atoms with Gasteiger partial charge >= 0.3 is 6.85 Å². The molecule has 0 atom stereocenters. The highest BCUT2D eigenvalue weighted by molar-refractivity contribution is 6.93. The number of rotatable bonds is 4. The second-order valence-electron chi connectivity index (χ2n) is 21.4. The van der Waals surface area contributed by atoms with Gasteiger partial charge in [0.15, 0.2) is 0 Å². The van der Waals surface area contributed by atoms with Gasteiger partial charge in [0.25, 0.3) is 0 Å². The van der Waals surface area contributed by atoms with E-state index in [4.69, 9.17) is 0 Å². The number of fused-ring (bicyclic) bond motifs is 7. The van der Waals surface area contributed by atoms with Crippen molar-refractivity contribution in [1.29, 1.82) is 0 Å². The van der Waals surface area contributed by atoms with Gasteiger partial charge in [0.1, 0.15) is 0 Å². The Bertz CT molecular complexity index is 3200. The normalized spacial score (nSPS) is 16.5. The summed E-state index contributed by atoms with van der Waals surface area (Å²) in [5.41, 5.74) is 28.8. The Hall–Kier alpha value is -6.58. The minimum Gasteiger partial charge on any atom is -0.376 e. The lowest BCUT2D eigenvalue weighted by Gasteiger charge is -2.52. The van der Waals surface area contributed by atoms with Crippen molar-refractivity contribution in [3.05, 3.63) is 197 Å². The maximum Gasteiger partial charge on any atom is 0.333 e. The Morgan fingerprint density at radius 1 is 0.446 bits per heavy atom. The second-order valence-corrected chi connectivity index (χ2v) is 21.4. The van der Waals surface area contributed by atoms with Crippen LogP contribution < -0.4 is 20.6 Å². The van der Waals surface area contributed by atoms with Gasteiger partial charge in [-0.2, -0.15) is 0 Å². The maximum absolute atomic E-state index is 2.73. The molecule has 2 nitrogen and oxygen atoms in total. The highest BCUT2D eigenvalue weighted by Crippen LogP contribution is 2.58. The van der Waals surface area contributed by atoms with Crippen LogP contribution in [0.5, 0.6) is 0 Å². The molecule has 8 aromatic rings. The number of aryl methyl sites for hydroxylation is 3. The van der Waals surface area contributed by atoms with Crippen LogP contribution >= 0.6 is 0 Å². The average Bonchev–Trinajstić information content (AvgIpc) is 3.30. The Morgan fingerprint density at radius 3 is 1.69 bits per heavy atom. The first-order valence-corrected chi connectivity index (χ1v) is 23.7. The molecular formula is C62H57BN2. The zero-order valence-electron chi connectivity index (χ0n) is 39.4. The minimum atomic E-state index is -0.239. The first-order chi connectivity index (χ1) is 31.2. The van der Waals surface area contributed by atoms with Crippen LogP contribution in [0.3, 0.4) is 0 Å². The topological polar surface area (TPSA) is 6.48 Å². The standard InChI is InChI=1S/C62H57BN2/c1-38-29-39(2)57(40(3)30-38)45-34-48-47-23-16-17-26-54(47)65(46-32-43(41-19-12-10-13-20-41)31-44(33-46)42-21-14-11-15-22-42)63-53-25-18-24-49-59(53)64(56(35-45)58(48)63)55-37-51-50(36-52(55)62(49,8)9)60(4,5)27-28-61(51,6)7/h10-26,29-37H,27-28H2,1-9H3. The lowest BCUT2D eigenvalue weighted by Crippen LogP contribution is -2.62. The van der Waals surface area contributed by atoms with Crippen LogP contribution in [0.25, 0.3) is 44.5 Å². The second kappa shape index (κ2) is 14.0. The maximum atomic E-state index is 2.73. The Balaban J connectivity index is 1.21. The van der Waals surface area contributed by atoms with Crippen LogP contribution in [0.2, 0.25) is 0 Å². The van der Waals surface area contributed by atoms with Gasteiger partial charge in [0, 0.05) is 33.7 Å². The predicted molar refractivity (Wildman–Crippen MR) is 278 cm³/mol. The molecule has 3 heteroatoms. The molecule has 0 saturated heterocycles. The van der Waals surface area contributed by atoms with E-state index in [-0.39, 0.29) is 23.1 Å². The quantitative estimate of drug-likeness (QED) is 0.163. The van der Waals surface area contributed by atoms with Gasteiger partial charge in [0.05, 0.1) is 5.69 Å². The molecule has 0 unspecified atom stereocenters. The van der Waals surface area contributed by atoms with E-state index >= 15 is 0 Å². The summed E-state index contributed by atoms with van der Waals surface area (Å²) >= 11 is 0. The van der Waals surface area contributed by atoms with E-state index in [1.165, 1.54) is 136 Å². The van der Waals surface area contributed by atoms with Crippen LogP contribution in [0.15, 0.2) is 158 Å². The SMILES string of the molecule is Cc1cc(C)c(-c2cc3c4c(c2)N2c5cc6c(cc5C(C)(C)c5cccc(c52)B4N(c2cc(-c4ccccc4)cc(-c4ccccc4)c2)c2ccccc2-3)C(C)(C)CCC6(C)C)c(C)c1. The van der Waals surface area contributed by atoms with Crippen molar-refractivity contribution in [1.82, 2.24) is 0 Å². The summed E-state index contributed by atoms with van der Waals surface area (Å²) in [5, 5.41) is 0. The van der Waals surface area contributed by atoms with Gasteiger partial charge in [-0.25, -0.2) is 0 Å². The Kier molecular flexibility index (Phi) is 8.59. The molecule has 318 valence electrons. The first kappa shape index (κ1) is 40.0. The van der Waals surface area contributed by atoms with Crippen molar-refractivity contribution in [2.75, 3.05) is 9.71 Å². The summed E-state index contributed by atoms with van der Waals surface area (Å²) in [6, 6.07) is 60.6. The van der Waals surface area contributed by atoms with Crippen LogP contribution in [0, 0.1) is 20.8 Å². The lowest BCUT2D eigenvalue weighted by molar-refractivity contribution is 0.331. The largest absolute Gasteiger partial charge is 0.376 e. The third kappa shape index (κ3) is 5.87. The predicted octanol–water partition coefficient (Wildman–Crippen LogP) is 15.3. The molecule has 65 heavy (non-hydrogen) atoms. The number of hydrogen-bond donors (Lipinski definition) is 0. The molecule has 0 N–H and O–H groups in total. The van der Waals surface area contributed by atoms with E-state index in [9.17, 15) is 0 Å². The van der Waals surface area contributed by atoms with E-state index in [0.717, 1.165) is 0 Å². The highest BCUT2D eigenvalue weighted by Gasteiger charge is 2.51. The van der Waals surface area contributed by atoms with E-state index in [0.29, 0.717) is 0 Å². The molecule has 8 aromatic carbocycles. The zero-order valence-corrected chi connectivity index (χ0v) is 39.4. The molecule has 0 saturated carbocycles. The molecular weight excluding hydrogens is 784 g/mol. The summed E-state index contributed by atoms with van der Waals surface area (Å²) in [5.74, 6) is 0. The smallest absolute Gasteiger partial charge is 0.333 e.